The zero-order valence-corrected chi connectivity index (χ0v) is 28.4. The molecule has 0 saturated carbocycles. The number of pyridine rings is 1. The molecular formula is C35H29FI2N4O3. The lowest BCUT2D eigenvalue weighted by Crippen LogP contribution is -2.41. The van der Waals surface area contributed by atoms with Crippen LogP contribution in [0.15, 0.2) is 95.6 Å². The molecule has 0 radical (unpaired) electrons. The van der Waals surface area contributed by atoms with Crippen molar-refractivity contribution in [1.29, 1.82) is 0 Å². The molecule has 7 nitrogen and oxygen atoms in total. The number of hydrogen-bond acceptors (Lipinski definition) is 5. The zero-order chi connectivity index (χ0) is 31.6. The maximum absolute atomic E-state index is 13.8. The Bertz CT molecular complexity index is 1880. The van der Waals surface area contributed by atoms with Crippen LogP contribution in [0.2, 0.25) is 0 Å². The highest BCUT2D eigenvalue weighted by molar-refractivity contribution is 14.2. The van der Waals surface area contributed by atoms with Gasteiger partial charge >= 0.3 is 0 Å². The van der Waals surface area contributed by atoms with E-state index in [9.17, 15) is 14.0 Å². The maximum atomic E-state index is 13.8. The molecule has 5 aromatic rings. The molecule has 1 aliphatic rings. The molecule has 0 bridgehead atoms. The minimum atomic E-state index is -0.326. The molecular weight excluding hydrogens is 797 g/mol. The monoisotopic (exact) mass is 826 g/mol. The van der Waals surface area contributed by atoms with E-state index in [1.807, 2.05) is 47.4 Å². The molecule has 3 N–H and O–H groups in total. The highest BCUT2D eigenvalue weighted by Crippen LogP contribution is 2.39. The summed E-state index contributed by atoms with van der Waals surface area (Å²) in [6.45, 7) is 1.69. The van der Waals surface area contributed by atoms with Gasteiger partial charge in [-0.2, -0.15) is 0 Å². The number of likely N-dealkylation sites (tertiary alicyclic amines) is 1. The van der Waals surface area contributed by atoms with Gasteiger partial charge in [0.15, 0.2) is 0 Å². The number of carbonyl (C=O) groups is 2. The summed E-state index contributed by atoms with van der Waals surface area (Å²) in [5.74, 6) is 0.426. The summed E-state index contributed by atoms with van der Waals surface area (Å²) >= 11 is 4.95. The number of nitrogens with zero attached hydrogens (tertiary/aromatic N) is 2. The van der Waals surface area contributed by atoms with Crippen LogP contribution in [-0.2, 0) is 11.3 Å². The number of nitrogen functional groups attached to an aromatic ring is 1. The first kappa shape index (κ1) is 31.2. The summed E-state index contributed by atoms with van der Waals surface area (Å²) in [6, 6.07) is 23.3. The van der Waals surface area contributed by atoms with Gasteiger partial charge in [-0.15, -0.1) is 0 Å². The topological polar surface area (TPSA) is 101 Å². The largest absolute Gasteiger partial charge is 0.459 e. The van der Waals surface area contributed by atoms with E-state index in [4.69, 9.17) is 10.2 Å². The van der Waals surface area contributed by atoms with Crippen molar-refractivity contribution in [2.75, 3.05) is 18.8 Å². The zero-order valence-electron chi connectivity index (χ0n) is 24.1. The summed E-state index contributed by atoms with van der Waals surface area (Å²) in [6.07, 6.45) is 6.62. The Morgan fingerprint density at radius 1 is 0.956 bits per heavy atom. The van der Waals surface area contributed by atoms with Crippen LogP contribution < -0.4 is 11.1 Å². The van der Waals surface area contributed by atoms with Crippen LogP contribution in [0.4, 0.5) is 10.2 Å². The number of furan rings is 1. The highest BCUT2D eigenvalue weighted by atomic mass is 127. The average molecular weight is 826 g/mol. The van der Waals surface area contributed by atoms with Crippen molar-refractivity contribution in [3.8, 4) is 22.3 Å². The number of alkyl halides is 2. The first-order chi connectivity index (χ1) is 21.6. The second-order valence-electron chi connectivity index (χ2n) is 11.0. The van der Waals surface area contributed by atoms with Gasteiger partial charge in [-0.1, -0.05) is 69.4 Å². The van der Waals surface area contributed by atoms with Gasteiger partial charge in [-0.05, 0) is 95.8 Å². The molecule has 1 fully saturated rings. The average Bonchev–Trinajstić information content (AvgIpc) is 3.46. The smallest absolute Gasteiger partial charge is 0.253 e. The molecule has 2 amide bonds. The third kappa shape index (κ3) is 7.55. The quantitative estimate of drug-likeness (QED) is 0.0985. The fourth-order valence-electron chi connectivity index (χ4n) is 5.25. The van der Waals surface area contributed by atoms with E-state index in [1.165, 1.54) is 18.2 Å². The molecule has 6 rings (SSSR count). The van der Waals surface area contributed by atoms with Gasteiger partial charge in [0.2, 0.25) is 5.91 Å². The van der Waals surface area contributed by atoms with Gasteiger partial charge in [-0.25, -0.2) is 9.37 Å². The van der Waals surface area contributed by atoms with Gasteiger partial charge in [-0.3, -0.25) is 9.59 Å². The molecule has 2 aromatic heterocycles. The Morgan fingerprint density at radius 2 is 1.67 bits per heavy atom. The SMILES string of the molecule is Nc1ccc(/C=C/C(=O)NCc2cc3cc(-c4ccc(C(=O)N5CCC(I)(I)CC5)cc4)cc(-c4ccc(F)cc4)c3o2)cn1. The summed E-state index contributed by atoms with van der Waals surface area (Å²) in [4.78, 5) is 31.6. The van der Waals surface area contributed by atoms with Crippen molar-refractivity contribution in [2.45, 2.75) is 20.8 Å². The number of aromatic nitrogens is 1. The van der Waals surface area contributed by atoms with Crippen LogP contribution in [0.25, 0.3) is 39.3 Å². The molecule has 0 aliphatic carbocycles. The van der Waals surface area contributed by atoms with Gasteiger partial charge in [0, 0.05) is 41.9 Å². The summed E-state index contributed by atoms with van der Waals surface area (Å²) in [5, 5.41) is 3.69. The Hall–Kier alpha value is -3.78. The Morgan fingerprint density at radius 3 is 2.36 bits per heavy atom. The van der Waals surface area contributed by atoms with E-state index in [-0.39, 0.29) is 25.6 Å². The molecule has 10 heteroatoms. The molecule has 0 unspecified atom stereocenters. The van der Waals surface area contributed by atoms with Crippen molar-refractivity contribution >= 4 is 79.9 Å². The lowest BCUT2D eigenvalue weighted by Gasteiger charge is -2.34. The maximum Gasteiger partial charge on any atom is 0.253 e. The van der Waals surface area contributed by atoms with Gasteiger partial charge in [0.1, 0.15) is 23.0 Å². The number of halogens is 3. The second kappa shape index (κ2) is 13.3. The number of carbonyl (C=O) groups excluding carboxylic acids is 2. The fourth-order valence-corrected chi connectivity index (χ4v) is 6.21. The van der Waals surface area contributed by atoms with Crippen LogP contribution >= 0.6 is 45.2 Å². The number of anilines is 1. The number of nitrogens with one attached hydrogen (secondary N) is 1. The van der Waals surface area contributed by atoms with Crippen LogP contribution in [0.3, 0.4) is 0 Å². The van der Waals surface area contributed by atoms with E-state index in [0.29, 0.717) is 22.7 Å². The van der Waals surface area contributed by atoms with Crippen molar-refractivity contribution in [3.63, 3.8) is 0 Å². The number of nitrogens with two attached hydrogens (primary N) is 1. The minimum Gasteiger partial charge on any atom is -0.459 e. The van der Waals surface area contributed by atoms with E-state index >= 15 is 0 Å². The van der Waals surface area contributed by atoms with E-state index in [0.717, 1.165) is 59.1 Å². The van der Waals surface area contributed by atoms with Crippen LogP contribution in [0, 0.1) is 5.82 Å². The molecule has 0 atom stereocenters. The Balaban J connectivity index is 1.24. The summed E-state index contributed by atoms with van der Waals surface area (Å²) < 4.78 is 20.2. The highest BCUT2D eigenvalue weighted by Gasteiger charge is 2.31. The molecule has 3 heterocycles. The van der Waals surface area contributed by atoms with Crippen molar-refractivity contribution in [3.05, 3.63) is 114 Å². The number of benzene rings is 3. The van der Waals surface area contributed by atoms with E-state index < -0.39 is 0 Å². The first-order valence-electron chi connectivity index (χ1n) is 14.4. The summed E-state index contributed by atoms with van der Waals surface area (Å²) in [7, 11) is 0. The van der Waals surface area contributed by atoms with Crippen molar-refractivity contribution in [2.24, 2.45) is 0 Å². The standard InChI is InChI=1S/C35H29FI2N4O3/c36-28-9-7-24(8-10-28)30-19-26(23-3-5-25(6-4-23)34(44)42-15-13-35(37,38)14-16-42)17-27-18-29(45-33(27)30)21-41-32(43)12-2-22-1-11-31(39)40-20-22/h1-12,17-20H,13-16,21H2,(H2,39,40)(H,41,43)/b12-2+. The number of hydrogen-bond donors (Lipinski definition) is 2. The molecule has 3 aromatic carbocycles. The third-order valence-electron chi connectivity index (χ3n) is 7.74. The van der Waals surface area contributed by atoms with Gasteiger partial charge in [0.25, 0.3) is 5.91 Å². The van der Waals surface area contributed by atoms with Crippen molar-refractivity contribution < 1.29 is 18.4 Å². The van der Waals surface area contributed by atoms with Crippen LogP contribution in [-0.4, -0.2) is 36.2 Å². The lowest BCUT2D eigenvalue weighted by atomic mass is 9.96. The lowest BCUT2D eigenvalue weighted by molar-refractivity contribution is -0.116. The number of fused-ring (bicyclic) bond motifs is 1. The predicted octanol–water partition coefficient (Wildman–Crippen LogP) is 8.02. The molecule has 228 valence electrons. The number of piperidine rings is 1. The molecule has 45 heavy (non-hydrogen) atoms. The Labute approximate surface area is 287 Å². The van der Waals surface area contributed by atoms with E-state index in [2.05, 4.69) is 55.5 Å². The van der Waals surface area contributed by atoms with Gasteiger partial charge in [0.05, 0.1) is 7.97 Å². The normalized spacial score (nSPS) is 14.6. The van der Waals surface area contributed by atoms with Gasteiger partial charge < -0.3 is 20.4 Å². The summed E-state index contributed by atoms with van der Waals surface area (Å²) in [5.41, 5.74) is 11.1. The molecule has 0 spiro atoms. The van der Waals surface area contributed by atoms with Crippen LogP contribution in [0.1, 0.15) is 34.5 Å². The fraction of sp³-hybridized carbons (Fsp3) is 0.171. The molecule has 1 aliphatic heterocycles. The number of rotatable bonds is 7. The van der Waals surface area contributed by atoms with Crippen LogP contribution in [0.5, 0.6) is 0 Å². The molecule has 1 saturated heterocycles. The first-order valence-corrected chi connectivity index (χ1v) is 16.6. The second-order valence-corrected chi connectivity index (χ2v) is 17.1. The minimum absolute atomic E-state index is 0.0498. The van der Waals surface area contributed by atoms with E-state index in [1.54, 1.807) is 36.5 Å². The van der Waals surface area contributed by atoms with Crippen molar-refractivity contribution in [1.82, 2.24) is 15.2 Å². The Kier molecular flexibility index (Phi) is 9.22. The number of amides is 2. The third-order valence-corrected chi connectivity index (χ3v) is 9.90. The predicted molar refractivity (Wildman–Crippen MR) is 192 cm³/mol.